The maximum Gasteiger partial charge on any atom is 0.141 e. The Bertz CT molecular complexity index is 540. The van der Waals surface area contributed by atoms with Crippen molar-refractivity contribution in [2.24, 2.45) is 0 Å². The Balaban J connectivity index is 2.01. The van der Waals surface area contributed by atoms with Crippen LogP contribution in [0.1, 0.15) is 25.3 Å². The van der Waals surface area contributed by atoms with Crippen molar-refractivity contribution in [3.05, 3.63) is 66.2 Å². The normalized spacial score (nSPS) is 10.3. The molecule has 0 atom stereocenters. The first kappa shape index (κ1) is 16.1. The summed E-state index contributed by atoms with van der Waals surface area (Å²) in [6.45, 7) is 3.20. The predicted molar refractivity (Wildman–Crippen MR) is 99.0 cm³/mol. The number of hydrogen-bond acceptors (Lipinski definition) is 2. The highest BCUT2D eigenvalue weighted by atomic mass is 32.2. The van der Waals surface area contributed by atoms with Gasteiger partial charge in [0.1, 0.15) is 4.32 Å². The lowest BCUT2D eigenvalue weighted by Gasteiger charge is -2.24. The number of rotatable bonds is 6. The molecule has 0 saturated carbocycles. The van der Waals surface area contributed by atoms with Gasteiger partial charge in [0.2, 0.25) is 0 Å². The summed E-state index contributed by atoms with van der Waals surface area (Å²) in [5.74, 6) is 0.926. The fourth-order valence-electron chi connectivity index (χ4n) is 2.05. The zero-order valence-electron chi connectivity index (χ0n) is 12.4. The van der Waals surface area contributed by atoms with Gasteiger partial charge in [-0.1, -0.05) is 85.9 Å². The minimum absolute atomic E-state index is 0.926. The number of benzene rings is 2. The van der Waals surface area contributed by atoms with Crippen molar-refractivity contribution in [3.63, 3.8) is 0 Å². The van der Waals surface area contributed by atoms with Crippen molar-refractivity contribution < 1.29 is 0 Å². The van der Waals surface area contributed by atoms with Gasteiger partial charge in [0.25, 0.3) is 0 Å². The van der Waals surface area contributed by atoms with Gasteiger partial charge in [0.05, 0.1) is 0 Å². The van der Waals surface area contributed by atoms with Gasteiger partial charge in [-0.15, -0.1) is 0 Å². The van der Waals surface area contributed by atoms with Crippen LogP contribution in [0.15, 0.2) is 60.7 Å². The number of unbranched alkanes of at least 4 members (excludes halogenated alkanes) is 1. The summed E-state index contributed by atoms with van der Waals surface area (Å²) >= 11 is 7.40. The molecule has 0 aliphatic heterocycles. The molecule has 0 aromatic heterocycles. The molecule has 0 spiro atoms. The molecule has 0 radical (unpaired) electrons. The quantitative estimate of drug-likeness (QED) is 0.647. The lowest BCUT2D eigenvalue weighted by Crippen LogP contribution is -2.28. The topological polar surface area (TPSA) is 3.24 Å². The molecular formula is C18H21NS2. The molecular weight excluding hydrogens is 294 g/mol. The smallest absolute Gasteiger partial charge is 0.141 e. The maximum atomic E-state index is 5.66. The Kier molecular flexibility index (Phi) is 6.77. The fourth-order valence-corrected chi connectivity index (χ4v) is 3.26. The van der Waals surface area contributed by atoms with E-state index < -0.39 is 0 Å². The standard InChI is InChI=1S/C18H21NS2/c1-2-3-14-19(17-12-8-5-9-13-17)18(20)21-15-16-10-6-4-7-11-16/h4-13H,2-3,14-15H2,1H3. The minimum atomic E-state index is 0.926. The van der Waals surface area contributed by atoms with E-state index >= 15 is 0 Å². The zero-order chi connectivity index (χ0) is 14.9. The summed E-state index contributed by atoms with van der Waals surface area (Å²) in [6, 6.07) is 20.9. The Morgan fingerprint density at radius 3 is 2.24 bits per heavy atom. The van der Waals surface area contributed by atoms with Crippen molar-refractivity contribution in [2.75, 3.05) is 11.4 Å². The van der Waals surface area contributed by atoms with E-state index in [1.165, 1.54) is 17.7 Å². The molecule has 0 unspecified atom stereocenters. The molecule has 2 rings (SSSR count). The molecule has 0 fully saturated rings. The van der Waals surface area contributed by atoms with Gasteiger partial charge >= 0.3 is 0 Å². The van der Waals surface area contributed by atoms with Gasteiger partial charge in [0, 0.05) is 18.0 Å². The number of thioether (sulfide) groups is 1. The van der Waals surface area contributed by atoms with Crippen LogP contribution < -0.4 is 4.90 Å². The summed E-state index contributed by atoms with van der Waals surface area (Å²) in [6.07, 6.45) is 2.33. The summed E-state index contributed by atoms with van der Waals surface area (Å²) < 4.78 is 0.957. The number of anilines is 1. The van der Waals surface area contributed by atoms with Crippen molar-refractivity contribution >= 4 is 34.0 Å². The van der Waals surface area contributed by atoms with Crippen LogP contribution in [0.5, 0.6) is 0 Å². The van der Waals surface area contributed by atoms with Crippen molar-refractivity contribution in [2.45, 2.75) is 25.5 Å². The summed E-state index contributed by atoms with van der Waals surface area (Å²) in [5, 5.41) is 0. The predicted octanol–water partition coefficient (Wildman–Crippen LogP) is 5.51. The van der Waals surface area contributed by atoms with Crippen LogP contribution in [0.3, 0.4) is 0 Å². The molecule has 1 nitrogen and oxygen atoms in total. The third kappa shape index (κ3) is 5.18. The Morgan fingerprint density at radius 1 is 1.00 bits per heavy atom. The minimum Gasteiger partial charge on any atom is -0.327 e. The molecule has 110 valence electrons. The first-order valence-electron chi connectivity index (χ1n) is 7.34. The van der Waals surface area contributed by atoms with E-state index in [0.717, 1.165) is 23.0 Å². The molecule has 0 amide bonds. The van der Waals surface area contributed by atoms with Crippen molar-refractivity contribution in [1.29, 1.82) is 0 Å². The molecule has 0 heterocycles. The van der Waals surface area contributed by atoms with Crippen molar-refractivity contribution in [3.8, 4) is 0 Å². The van der Waals surface area contributed by atoms with Gasteiger partial charge in [0.15, 0.2) is 0 Å². The van der Waals surface area contributed by atoms with E-state index in [-0.39, 0.29) is 0 Å². The Labute approximate surface area is 137 Å². The monoisotopic (exact) mass is 315 g/mol. The van der Waals surface area contributed by atoms with E-state index in [1.807, 2.05) is 12.1 Å². The van der Waals surface area contributed by atoms with Gasteiger partial charge in [-0.2, -0.15) is 0 Å². The molecule has 2 aromatic rings. The van der Waals surface area contributed by atoms with Crippen LogP contribution in [0, 0.1) is 0 Å². The third-order valence-corrected chi connectivity index (χ3v) is 4.75. The second-order valence-corrected chi connectivity index (χ2v) is 6.49. The largest absolute Gasteiger partial charge is 0.327 e. The van der Waals surface area contributed by atoms with Crippen molar-refractivity contribution in [1.82, 2.24) is 0 Å². The van der Waals surface area contributed by atoms with E-state index in [9.17, 15) is 0 Å². The summed E-state index contributed by atoms with van der Waals surface area (Å²) in [4.78, 5) is 2.26. The highest BCUT2D eigenvalue weighted by Crippen LogP contribution is 2.22. The Hall–Kier alpha value is -1.32. The number of para-hydroxylation sites is 1. The maximum absolute atomic E-state index is 5.66. The van der Waals surface area contributed by atoms with E-state index in [0.29, 0.717) is 0 Å². The van der Waals surface area contributed by atoms with Crippen LogP contribution in [0.4, 0.5) is 5.69 Å². The van der Waals surface area contributed by atoms with E-state index in [1.54, 1.807) is 11.8 Å². The molecule has 2 aromatic carbocycles. The van der Waals surface area contributed by atoms with Crippen LogP contribution in [-0.4, -0.2) is 10.9 Å². The number of thiocarbonyl (C=S) groups is 1. The second kappa shape index (κ2) is 8.85. The SMILES string of the molecule is CCCCN(C(=S)SCc1ccccc1)c1ccccc1. The first-order chi connectivity index (χ1) is 10.3. The molecule has 0 saturated heterocycles. The van der Waals surface area contributed by atoms with Gasteiger partial charge in [-0.3, -0.25) is 0 Å². The third-order valence-electron chi connectivity index (χ3n) is 3.23. The highest BCUT2D eigenvalue weighted by molar-refractivity contribution is 8.22. The van der Waals surface area contributed by atoms with Crippen LogP contribution >= 0.6 is 24.0 Å². The molecule has 0 bridgehead atoms. The number of hydrogen-bond donors (Lipinski definition) is 0. The van der Waals surface area contributed by atoms with Crippen LogP contribution in [-0.2, 0) is 5.75 Å². The lowest BCUT2D eigenvalue weighted by atomic mass is 10.2. The molecule has 0 aliphatic carbocycles. The zero-order valence-corrected chi connectivity index (χ0v) is 14.0. The highest BCUT2D eigenvalue weighted by Gasteiger charge is 2.12. The van der Waals surface area contributed by atoms with E-state index in [2.05, 4.69) is 60.4 Å². The van der Waals surface area contributed by atoms with Gasteiger partial charge in [-0.25, -0.2) is 0 Å². The molecule has 0 aliphatic rings. The first-order valence-corrected chi connectivity index (χ1v) is 8.74. The molecule has 21 heavy (non-hydrogen) atoms. The Morgan fingerprint density at radius 2 is 1.62 bits per heavy atom. The lowest BCUT2D eigenvalue weighted by molar-refractivity contribution is 0.800. The fraction of sp³-hybridized carbons (Fsp3) is 0.278. The molecule has 3 heteroatoms. The molecule has 0 N–H and O–H groups in total. The van der Waals surface area contributed by atoms with Gasteiger partial charge < -0.3 is 4.90 Å². The summed E-state index contributed by atoms with van der Waals surface area (Å²) in [7, 11) is 0. The van der Waals surface area contributed by atoms with Crippen LogP contribution in [0.25, 0.3) is 0 Å². The summed E-state index contributed by atoms with van der Waals surface area (Å²) in [5.41, 5.74) is 2.50. The van der Waals surface area contributed by atoms with Crippen LogP contribution in [0.2, 0.25) is 0 Å². The number of nitrogens with zero attached hydrogens (tertiary/aromatic N) is 1. The average Bonchev–Trinajstić information content (AvgIpc) is 2.55. The average molecular weight is 316 g/mol. The van der Waals surface area contributed by atoms with Gasteiger partial charge in [-0.05, 0) is 24.1 Å². The second-order valence-electron chi connectivity index (χ2n) is 4.88. The van der Waals surface area contributed by atoms with E-state index in [4.69, 9.17) is 12.2 Å².